The second kappa shape index (κ2) is 3.12. The molecule has 0 aliphatic heterocycles. The van der Waals surface area contributed by atoms with Gasteiger partial charge in [-0.15, -0.1) is 0 Å². The third-order valence-corrected chi connectivity index (χ3v) is 0.738. The van der Waals surface area contributed by atoms with Crippen LogP contribution in [0.15, 0.2) is 0 Å². The molecule has 0 aliphatic carbocycles. The van der Waals surface area contributed by atoms with Crippen molar-refractivity contribution in [2.24, 2.45) is 5.73 Å². The zero-order valence-corrected chi connectivity index (χ0v) is 3.98. The zero-order chi connectivity index (χ0) is 4.99. The van der Waals surface area contributed by atoms with E-state index in [4.69, 9.17) is 5.73 Å². The highest BCUT2D eigenvalue weighted by Crippen LogP contribution is 1.79. The minimum atomic E-state index is -0.142. The van der Waals surface area contributed by atoms with Crippen LogP contribution in [0.25, 0.3) is 0 Å². The first-order chi connectivity index (χ1) is 2.81. The quantitative estimate of drug-likeness (QED) is 0.513. The van der Waals surface area contributed by atoms with Gasteiger partial charge in [-0.1, -0.05) is 6.92 Å². The number of nitrogens with two attached hydrogens (primary N) is 1. The van der Waals surface area contributed by atoms with Crippen molar-refractivity contribution in [1.29, 1.82) is 0 Å². The summed E-state index contributed by atoms with van der Waals surface area (Å²) in [5, 5.41) is 9.74. The normalized spacial score (nSPS) is 14.5. The van der Waals surface area contributed by atoms with Crippen LogP contribution in [0, 0.1) is 0 Å². The Labute approximate surface area is 38.0 Å². The van der Waals surface area contributed by atoms with Crippen molar-refractivity contribution in [3.63, 3.8) is 0 Å². The van der Waals surface area contributed by atoms with Crippen molar-refractivity contribution in [2.45, 2.75) is 19.4 Å². The van der Waals surface area contributed by atoms with Crippen LogP contribution in [0.4, 0.5) is 0 Å². The molecule has 0 saturated carbocycles. The first kappa shape index (κ1) is 5.92. The molecule has 0 aromatic carbocycles. The molecule has 0 aromatic rings. The highest BCUT2D eigenvalue weighted by molar-refractivity contribution is 4.51. The van der Waals surface area contributed by atoms with Crippen LogP contribution in [0.2, 0.25) is 0 Å². The molecule has 37 valence electrons. The van der Waals surface area contributed by atoms with Crippen molar-refractivity contribution in [3.8, 4) is 0 Å². The minimum Gasteiger partial charge on any atom is -0.326 e. The van der Waals surface area contributed by atoms with Gasteiger partial charge < -0.3 is 5.73 Å². The standard InChI is InChI=1S/C4H10NO/c1-2-4(5)3-6/h4H,2-3,5H2,1H3. The summed E-state index contributed by atoms with van der Waals surface area (Å²) in [4.78, 5) is 0. The van der Waals surface area contributed by atoms with Crippen LogP contribution in [0.5, 0.6) is 0 Å². The summed E-state index contributed by atoms with van der Waals surface area (Å²) in [6.07, 6.45) is 0.795. The lowest BCUT2D eigenvalue weighted by Gasteiger charge is -1.96. The van der Waals surface area contributed by atoms with Gasteiger partial charge in [-0.25, -0.2) is 5.11 Å². The van der Waals surface area contributed by atoms with E-state index in [0.29, 0.717) is 0 Å². The average Bonchev–Trinajstić information content (AvgIpc) is 1.65. The molecule has 0 saturated heterocycles. The Morgan fingerprint density at radius 1 is 1.83 bits per heavy atom. The molecule has 0 spiro atoms. The molecule has 1 unspecified atom stereocenters. The predicted molar refractivity (Wildman–Crippen MR) is 23.8 cm³/mol. The van der Waals surface area contributed by atoms with Gasteiger partial charge in [0.15, 0.2) is 0 Å². The largest absolute Gasteiger partial charge is 0.326 e. The fourth-order valence-electron chi connectivity index (χ4n) is 0.118. The molecule has 2 nitrogen and oxygen atoms in total. The van der Waals surface area contributed by atoms with E-state index in [2.05, 4.69) is 0 Å². The topological polar surface area (TPSA) is 45.9 Å². The molecule has 6 heavy (non-hydrogen) atoms. The van der Waals surface area contributed by atoms with Crippen molar-refractivity contribution in [3.05, 3.63) is 0 Å². The van der Waals surface area contributed by atoms with E-state index in [1.54, 1.807) is 0 Å². The molecule has 2 heteroatoms. The molecule has 1 radical (unpaired) electrons. The van der Waals surface area contributed by atoms with Gasteiger partial charge >= 0.3 is 0 Å². The van der Waals surface area contributed by atoms with Crippen molar-refractivity contribution >= 4 is 0 Å². The number of hydrogen-bond acceptors (Lipinski definition) is 1. The molecule has 0 heterocycles. The summed E-state index contributed by atoms with van der Waals surface area (Å²) in [6.45, 7) is 1.76. The SMILES string of the molecule is CCC(N)C[O]. The average molecular weight is 88.1 g/mol. The van der Waals surface area contributed by atoms with Crippen molar-refractivity contribution in [1.82, 2.24) is 0 Å². The van der Waals surface area contributed by atoms with E-state index in [1.807, 2.05) is 6.92 Å². The van der Waals surface area contributed by atoms with E-state index in [9.17, 15) is 5.11 Å². The molecular weight excluding hydrogens is 78.0 g/mol. The van der Waals surface area contributed by atoms with Crippen LogP contribution in [0.1, 0.15) is 13.3 Å². The predicted octanol–water partition coefficient (Wildman–Crippen LogP) is 0.154. The summed E-state index contributed by atoms with van der Waals surface area (Å²) >= 11 is 0. The van der Waals surface area contributed by atoms with Gasteiger partial charge in [-0.3, -0.25) is 0 Å². The lowest BCUT2D eigenvalue weighted by molar-refractivity contribution is 0.171. The smallest absolute Gasteiger partial charge is 0.0973 e. The maximum Gasteiger partial charge on any atom is 0.0973 e. The Hall–Kier alpha value is -0.0800. The Bertz CT molecular complexity index is 26.7. The van der Waals surface area contributed by atoms with Gasteiger partial charge in [0, 0.05) is 6.04 Å². The third-order valence-electron chi connectivity index (χ3n) is 0.738. The monoisotopic (exact) mass is 88.1 g/mol. The molecule has 2 N–H and O–H groups in total. The molecule has 1 atom stereocenters. The van der Waals surface area contributed by atoms with Crippen molar-refractivity contribution in [2.75, 3.05) is 6.61 Å². The second-order valence-electron chi connectivity index (χ2n) is 1.33. The van der Waals surface area contributed by atoms with Gasteiger partial charge in [0.25, 0.3) is 0 Å². The van der Waals surface area contributed by atoms with E-state index in [1.165, 1.54) is 0 Å². The fraction of sp³-hybridized carbons (Fsp3) is 1.00. The van der Waals surface area contributed by atoms with Gasteiger partial charge in [-0.2, -0.15) is 0 Å². The molecule has 0 bridgehead atoms. The highest BCUT2D eigenvalue weighted by Gasteiger charge is 1.91. The minimum absolute atomic E-state index is 0.120. The summed E-state index contributed by atoms with van der Waals surface area (Å²) in [7, 11) is 0. The first-order valence-electron chi connectivity index (χ1n) is 2.15. The fourth-order valence-corrected chi connectivity index (χ4v) is 0.118. The molecule has 0 fully saturated rings. The maximum absolute atomic E-state index is 9.74. The molecule has 0 rings (SSSR count). The van der Waals surface area contributed by atoms with Crippen LogP contribution in [-0.2, 0) is 5.11 Å². The lowest BCUT2D eigenvalue weighted by atomic mass is 10.3. The van der Waals surface area contributed by atoms with Gasteiger partial charge in [0.1, 0.15) is 0 Å². The Morgan fingerprint density at radius 3 is 2.33 bits per heavy atom. The molecular formula is C4H10NO. The van der Waals surface area contributed by atoms with Gasteiger partial charge in [-0.05, 0) is 6.42 Å². The van der Waals surface area contributed by atoms with Gasteiger partial charge in [0.2, 0.25) is 0 Å². The van der Waals surface area contributed by atoms with Crippen LogP contribution in [0.3, 0.4) is 0 Å². The molecule has 0 aromatic heterocycles. The number of rotatable bonds is 2. The van der Waals surface area contributed by atoms with Crippen LogP contribution < -0.4 is 5.73 Å². The van der Waals surface area contributed by atoms with Crippen molar-refractivity contribution < 1.29 is 5.11 Å². The van der Waals surface area contributed by atoms with Crippen LogP contribution in [-0.4, -0.2) is 12.6 Å². The van der Waals surface area contributed by atoms with E-state index >= 15 is 0 Å². The Morgan fingerprint density at radius 2 is 2.33 bits per heavy atom. The number of hydrogen-bond donors (Lipinski definition) is 1. The lowest BCUT2D eigenvalue weighted by Crippen LogP contribution is -2.21. The summed E-state index contributed by atoms with van der Waals surface area (Å²) in [5.41, 5.74) is 5.16. The summed E-state index contributed by atoms with van der Waals surface area (Å²) < 4.78 is 0. The Kier molecular flexibility index (Phi) is 3.08. The van der Waals surface area contributed by atoms with Gasteiger partial charge in [0.05, 0.1) is 6.61 Å². The van der Waals surface area contributed by atoms with E-state index in [-0.39, 0.29) is 12.6 Å². The highest BCUT2D eigenvalue weighted by atomic mass is 16.3. The van der Waals surface area contributed by atoms with E-state index in [0.717, 1.165) is 6.42 Å². The molecule has 0 aliphatic rings. The second-order valence-corrected chi connectivity index (χ2v) is 1.33. The third kappa shape index (κ3) is 2.18. The first-order valence-corrected chi connectivity index (χ1v) is 2.15. The van der Waals surface area contributed by atoms with E-state index < -0.39 is 0 Å². The maximum atomic E-state index is 9.74. The zero-order valence-electron chi connectivity index (χ0n) is 3.98. The summed E-state index contributed by atoms with van der Waals surface area (Å²) in [6, 6.07) is -0.120. The van der Waals surface area contributed by atoms with Crippen LogP contribution >= 0.6 is 0 Å². The molecule has 0 amide bonds. The summed E-state index contributed by atoms with van der Waals surface area (Å²) in [5.74, 6) is 0. The Balaban J connectivity index is 2.75.